The normalized spacial score (nSPS) is 18.0. The van der Waals surface area contributed by atoms with Crippen molar-refractivity contribution in [2.45, 2.75) is 45.6 Å². The maximum Gasteiger partial charge on any atom is 0.254 e. The molecule has 1 N–H and O–H groups in total. The summed E-state index contributed by atoms with van der Waals surface area (Å²) in [7, 11) is 0. The molecular weight excluding hydrogens is 324 g/mol. The van der Waals surface area contributed by atoms with E-state index in [1.807, 2.05) is 11.6 Å². The number of nitrogens with zero attached hydrogens (tertiary/aromatic N) is 3. The third kappa shape index (κ3) is 4.52. The number of carbonyl (C=O) groups is 1. The van der Waals surface area contributed by atoms with Crippen molar-refractivity contribution in [3.8, 4) is 0 Å². The van der Waals surface area contributed by atoms with Crippen LogP contribution in [0, 0.1) is 6.92 Å². The third-order valence-electron chi connectivity index (χ3n) is 5.27. The molecule has 0 spiro atoms. The van der Waals surface area contributed by atoms with Gasteiger partial charge in [-0.05, 0) is 44.2 Å². The molecule has 2 heterocycles. The number of carbonyl (C=O) groups excluding carboxylic acids is 1. The number of rotatable bonds is 7. The lowest BCUT2D eigenvalue weighted by molar-refractivity contribution is 0.0944. The smallest absolute Gasteiger partial charge is 0.254 e. The number of piperidine rings is 1. The zero-order valence-corrected chi connectivity index (χ0v) is 15.9. The minimum Gasteiger partial charge on any atom is -0.351 e. The monoisotopic (exact) mass is 354 g/mol. The highest BCUT2D eigenvalue weighted by atomic mass is 16.1. The van der Waals surface area contributed by atoms with Crippen LogP contribution in [0.25, 0.3) is 0 Å². The van der Waals surface area contributed by atoms with Gasteiger partial charge in [0.25, 0.3) is 5.91 Å². The zero-order valence-electron chi connectivity index (χ0n) is 15.9. The Kier molecular flexibility index (Phi) is 6.45. The van der Waals surface area contributed by atoms with Crippen LogP contribution in [0.4, 0.5) is 0 Å². The van der Waals surface area contributed by atoms with E-state index in [0.29, 0.717) is 18.0 Å². The van der Waals surface area contributed by atoms with Gasteiger partial charge in [0, 0.05) is 31.9 Å². The van der Waals surface area contributed by atoms with Gasteiger partial charge in [-0.2, -0.15) is 5.10 Å². The first kappa shape index (κ1) is 18.6. The summed E-state index contributed by atoms with van der Waals surface area (Å²) < 4.78 is 1.91. The molecule has 26 heavy (non-hydrogen) atoms. The van der Waals surface area contributed by atoms with Crippen LogP contribution in [0.3, 0.4) is 0 Å². The van der Waals surface area contributed by atoms with E-state index in [1.165, 1.54) is 18.4 Å². The lowest BCUT2D eigenvalue weighted by Gasteiger charge is -2.33. The Balaban J connectivity index is 1.48. The van der Waals surface area contributed by atoms with Crippen LogP contribution in [0.1, 0.15) is 53.7 Å². The van der Waals surface area contributed by atoms with E-state index in [9.17, 15) is 4.79 Å². The fourth-order valence-corrected chi connectivity index (χ4v) is 3.79. The van der Waals surface area contributed by atoms with Crippen LogP contribution in [-0.4, -0.2) is 46.8 Å². The van der Waals surface area contributed by atoms with Gasteiger partial charge in [0.15, 0.2) is 0 Å². The number of benzene rings is 1. The van der Waals surface area contributed by atoms with Gasteiger partial charge in [-0.1, -0.05) is 37.3 Å². The highest BCUT2D eigenvalue weighted by Crippen LogP contribution is 2.26. The Hall–Kier alpha value is -2.14. The molecule has 0 aliphatic carbocycles. The van der Waals surface area contributed by atoms with E-state index in [4.69, 9.17) is 0 Å². The summed E-state index contributed by atoms with van der Waals surface area (Å²) in [6.45, 7) is 8.71. The van der Waals surface area contributed by atoms with Gasteiger partial charge < -0.3 is 10.2 Å². The maximum atomic E-state index is 12.4. The van der Waals surface area contributed by atoms with Gasteiger partial charge >= 0.3 is 0 Å². The number of amides is 1. The van der Waals surface area contributed by atoms with Gasteiger partial charge in [-0.25, -0.2) is 0 Å². The van der Waals surface area contributed by atoms with E-state index >= 15 is 0 Å². The Morgan fingerprint density at radius 1 is 1.27 bits per heavy atom. The molecule has 5 heteroatoms. The molecule has 3 rings (SSSR count). The fourth-order valence-electron chi connectivity index (χ4n) is 3.79. The van der Waals surface area contributed by atoms with Crippen LogP contribution < -0.4 is 5.32 Å². The summed E-state index contributed by atoms with van der Waals surface area (Å²) in [6.07, 6.45) is 5.17. The molecule has 5 nitrogen and oxygen atoms in total. The highest BCUT2D eigenvalue weighted by molar-refractivity contribution is 5.95. The SMILES string of the molecule is CCCn1ncc(C(=O)NCCN2CCC[C@H](c3ccccc3)C2)c1C. The number of nitrogens with one attached hydrogen (secondary N) is 1. The summed E-state index contributed by atoms with van der Waals surface area (Å²) in [6, 6.07) is 10.8. The maximum absolute atomic E-state index is 12.4. The Morgan fingerprint density at radius 3 is 2.85 bits per heavy atom. The molecule has 1 aromatic carbocycles. The predicted molar refractivity (Wildman–Crippen MR) is 104 cm³/mol. The Bertz CT molecular complexity index is 710. The minimum absolute atomic E-state index is 0.0125. The van der Waals surface area contributed by atoms with Crippen molar-refractivity contribution >= 4 is 5.91 Å². The van der Waals surface area contributed by atoms with E-state index in [2.05, 4.69) is 52.6 Å². The average Bonchev–Trinajstić information content (AvgIpc) is 3.04. The first-order valence-corrected chi connectivity index (χ1v) is 9.77. The first-order valence-electron chi connectivity index (χ1n) is 9.77. The second-order valence-corrected chi connectivity index (χ2v) is 7.17. The van der Waals surface area contributed by atoms with Gasteiger partial charge in [0.2, 0.25) is 0 Å². The van der Waals surface area contributed by atoms with Crippen molar-refractivity contribution in [1.82, 2.24) is 20.0 Å². The van der Waals surface area contributed by atoms with Crippen LogP contribution in [-0.2, 0) is 6.54 Å². The van der Waals surface area contributed by atoms with E-state index in [1.54, 1.807) is 6.20 Å². The number of hydrogen-bond donors (Lipinski definition) is 1. The second-order valence-electron chi connectivity index (χ2n) is 7.17. The Labute approximate surface area is 156 Å². The van der Waals surface area contributed by atoms with Crippen LogP contribution in [0.15, 0.2) is 36.5 Å². The van der Waals surface area contributed by atoms with Crippen molar-refractivity contribution in [3.63, 3.8) is 0 Å². The molecule has 0 bridgehead atoms. The van der Waals surface area contributed by atoms with E-state index in [-0.39, 0.29) is 5.91 Å². The summed E-state index contributed by atoms with van der Waals surface area (Å²) >= 11 is 0. The molecule has 1 atom stereocenters. The molecule has 140 valence electrons. The second kappa shape index (κ2) is 8.99. The van der Waals surface area contributed by atoms with Gasteiger partial charge in [0.05, 0.1) is 11.8 Å². The van der Waals surface area contributed by atoms with Crippen molar-refractivity contribution in [3.05, 3.63) is 53.3 Å². The fraction of sp³-hybridized carbons (Fsp3) is 0.524. The van der Waals surface area contributed by atoms with Crippen molar-refractivity contribution < 1.29 is 4.79 Å². The van der Waals surface area contributed by atoms with Gasteiger partial charge in [0.1, 0.15) is 0 Å². The lowest BCUT2D eigenvalue weighted by atomic mass is 9.91. The largest absolute Gasteiger partial charge is 0.351 e. The summed E-state index contributed by atoms with van der Waals surface area (Å²) in [4.78, 5) is 14.9. The standard InChI is InChI=1S/C21H30N4O/c1-3-12-25-17(2)20(15-23-25)21(26)22-11-14-24-13-7-10-19(16-24)18-8-5-4-6-9-18/h4-6,8-9,15,19H,3,7,10-14,16H2,1-2H3,(H,22,26)/t19-/m0/s1. The Morgan fingerprint density at radius 2 is 2.08 bits per heavy atom. The molecular formula is C21H30N4O. The molecule has 1 fully saturated rings. The molecule has 2 aromatic rings. The first-order chi connectivity index (χ1) is 12.7. The summed E-state index contributed by atoms with van der Waals surface area (Å²) in [5, 5.41) is 7.38. The number of likely N-dealkylation sites (tertiary alicyclic amines) is 1. The van der Waals surface area contributed by atoms with Gasteiger partial charge in [-0.3, -0.25) is 9.48 Å². The van der Waals surface area contributed by atoms with Crippen molar-refractivity contribution in [2.24, 2.45) is 0 Å². The molecule has 0 saturated carbocycles. The molecule has 0 radical (unpaired) electrons. The molecule has 0 unspecified atom stereocenters. The number of aromatic nitrogens is 2. The third-order valence-corrected chi connectivity index (χ3v) is 5.27. The van der Waals surface area contributed by atoms with Crippen LogP contribution in [0.5, 0.6) is 0 Å². The minimum atomic E-state index is -0.0125. The molecule has 1 amide bonds. The van der Waals surface area contributed by atoms with E-state index in [0.717, 1.165) is 38.3 Å². The molecule has 1 aliphatic heterocycles. The molecule has 1 aliphatic rings. The lowest BCUT2D eigenvalue weighted by Crippen LogP contribution is -2.40. The molecule has 1 saturated heterocycles. The van der Waals surface area contributed by atoms with Gasteiger partial charge in [-0.15, -0.1) is 0 Å². The topological polar surface area (TPSA) is 50.2 Å². The van der Waals surface area contributed by atoms with Crippen molar-refractivity contribution in [1.29, 1.82) is 0 Å². The van der Waals surface area contributed by atoms with Crippen LogP contribution in [0.2, 0.25) is 0 Å². The summed E-state index contributed by atoms with van der Waals surface area (Å²) in [5.74, 6) is 0.594. The number of hydrogen-bond acceptors (Lipinski definition) is 3. The van der Waals surface area contributed by atoms with Crippen molar-refractivity contribution in [2.75, 3.05) is 26.2 Å². The highest BCUT2D eigenvalue weighted by Gasteiger charge is 2.21. The summed E-state index contributed by atoms with van der Waals surface area (Å²) in [5.41, 5.74) is 3.07. The van der Waals surface area contributed by atoms with E-state index < -0.39 is 0 Å². The molecule has 1 aromatic heterocycles. The average molecular weight is 354 g/mol. The number of aryl methyl sites for hydroxylation is 1. The quantitative estimate of drug-likeness (QED) is 0.831. The van der Waals surface area contributed by atoms with Crippen LogP contribution >= 0.6 is 0 Å². The zero-order chi connectivity index (χ0) is 18.4. The predicted octanol–water partition coefficient (Wildman–Crippen LogP) is 3.21.